The molecule has 1 rings (SSSR count). The lowest BCUT2D eigenvalue weighted by molar-refractivity contribution is -0.153. The topological polar surface area (TPSA) is 35.5 Å². The minimum Gasteiger partial charge on any atom is -0.494 e. The number of rotatable bonds is 3. The first-order valence-corrected chi connectivity index (χ1v) is 5.36. The van der Waals surface area contributed by atoms with Crippen molar-refractivity contribution in [2.24, 2.45) is 0 Å². The Kier molecular flexibility index (Phi) is 4.10. The maximum atomic E-state index is 13.4. The highest BCUT2D eigenvalue weighted by molar-refractivity contribution is 5.73. The van der Waals surface area contributed by atoms with E-state index in [0.29, 0.717) is 5.56 Å². The largest absolute Gasteiger partial charge is 0.494 e. The van der Waals surface area contributed by atoms with Gasteiger partial charge in [-0.15, -0.1) is 0 Å². The first-order valence-electron chi connectivity index (χ1n) is 5.36. The zero-order chi connectivity index (χ0) is 13.1. The van der Waals surface area contributed by atoms with Gasteiger partial charge in [-0.05, 0) is 38.5 Å². The summed E-state index contributed by atoms with van der Waals surface area (Å²) >= 11 is 0. The molecule has 0 aliphatic heterocycles. The first kappa shape index (κ1) is 13.5. The molecule has 0 N–H and O–H groups in total. The Bertz CT molecular complexity index is 408. The van der Waals surface area contributed by atoms with E-state index in [-0.39, 0.29) is 18.1 Å². The van der Waals surface area contributed by atoms with Gasteiger partial charge in [-0.3, -0.25) is 4.79 Å². The predicted molar refractivity (Wildman–Crippen MR) is 62.5 cm³/mol. The Morgan fingerprint density at radius 1 is 1.35 bits per heavy atom. The van der Waals surface area contributed by atoms with Crippen molar-refractivity contribution in [3.05, 3.63) is 29.6 Å². The molecule has 0 spiro atoms. The van der Waals surface area contributed by atoms with E-state index in [1.165, 1.54) is 19.2 Å². The molecule has 0 unspecified atom stereocenters. The van der Waals surface area contributed by atoms with Crippen LogP contribution in [0, 0.1) is 5.82 Å². The van der Waals surface area contributed by atoms with E-state index in [2.05, 4.69) is 0 Å². The standard InChI is InChI=1S/C13H17FO3/c1-13(2,3)17-12(15)8-9-5-6-11(16-4)10(14)7-9/h5-7H,8H2,1-4H3. The summed E-state index contributed by atoms with van der Waals surface area (Å²) in [4.78, 5) is 11.5. The summed E-state index contributed by atoms with van der Waals surface area (Å²) in [6, 6.07) is 4.42. The molecule has 0 atom stereocenters. The van der Waals surface area contributed by atoms with E-state index in [9.17, 15) is 9.18 Å². The Balaban J connectivity index is 2.69. The van der Waals surface area contributed by atoms with Crippen molar-refractivity contribution >= 4 is 5.97 Å². The van der Waals surface area contributed by atoms with Crippen LogP contribution in [0.3, 0.4) is 0 Å². The summed E-state index contributed by atoms with van der Waals surface area (Å²) < 4.78 is 23.3. The molecule has 4 heteroatoms. The fourth-order valence-electron chi connectivity index (χ4n) is 1.36. The third-order valence-corrected chi connectivity index (χ3v) is 1.98. The molecule has 1 aromatic carbocycles. The molecule has 3 nitrogen and oxygen atoms in total. The van der Waals surface area contributed by atoms with Crippen LogP contribution < -0.4 is 4.74 Å². The maximum Gasteiger partial charge on any atom is 0.310 e. The van der Waals surface area contributed by atoms with Crippen molar-refractivity contribution in [1.29, 1.82) is 0 Å². The Hall–Kier alpha value is -1.58. The van der Waals surface area contributed by atoms with Gasteiger partial charge in [-0.2, -0.15) is 0 Å². The van der Waals surface area contributed by atoms with Gasteiger partial charge in [0, 0.05) is 0 Å². The second kappa shape index (κ2) is 5.17. The van der Waals surface area contributed by atoms with Crippen molar-refractivity contribution in [3.8, 4) is 5.75 Å². The van der Waals surface area contributed by atoms with Crippen LogP contribution >= 0.6 is 0 Å². The second-order valence-electron chi connectivity index (χ2n) is 4.73. The summed E-state index contributed by atoms with van der Waals surface area (Å²) in [6.07, 6.45) is 0.0538. The van der Waals surface area contributed by atoms with E-state index >= 15 is 0 Å². The van der Waals surface area contributed by atoms with E-state index in [1.807, 2.05) is 0 Å². The highest BCUT2D eigenvalue weighted by atomic mass is 19.1. The average molecular weight is 240 g/mol. The third kappa shape index (κ3) is 4.43. The normalized spacial score (nSPS) is 11.1. The number of hydrogen-bond acceptors (Lipinski definition) is 3. The van der Waals surface area contributed by atoms with E-state index in [0.717, 1.165) is 0 Å². The molecule has 0 saturated heterocycles. The van der Waals surface area contributed by atoms with E-state index < -0.39 is 11.4 Å². The van der Waals surface area contributed by atoms with Gasteiger partial charge in [0.2, 0.25) is 0 Å². The van der Waals surface area contributed by atoms with Gasteiger partial charge in [0.1, 0.15) is 5.60 Å². The van der Waals surface area contributed by atoms with Gasteiger partial charge in [-0.1, -0.05) is 6.07 Å². The smallest absolute Gasteiger partial charge is 0.310 e. The van der Waals surface area contributed by atoms with Gasteiger partial charge in [0.25, 0.3) is 0 Å². The molecule has 0 amide bonds. The van der Waals surface area contributed by atoms with Crippen molar-refractivity contribution in [2.75, 3.05) is 7.11 Å². The van der Waals surface area contributed by atoms with Gasteiger partial charge in [-0.25, -0.2) is 4.39 Å². The molecular formula is C13H17FO3. The number of carbonyl (C=O) groups excluding carboxylic acids is 1. The highest BCUT2D eigenvalue weighted by Crippen LogP contribution is 2.18. The Morgan fingerprint density at radius 3 is 2.47 bits per heavy atom. The molecule has 0 bridgehead atoms. The number of hydrogen-bond donors (Lipinski definition) is 0. The number of methoxy groups -OCH3 is 1. The fraction of sp³-hybridized carbons (Fsp3) is 0.462. The molecule has 0 heterocycles. The zero-order valence-electron chi connectivity index (χ0n) is 10.5. The summed E-state index contributed by atoms with van der Waals surface area (Å²) in [5.41, 5.74) is 0.0415. The number of halogens is 1. The van der Waals surface area contributed by atoms with Crippen LogP contribution in [0.5, 0.6) is 5.75 Å². The predicted octanol–water partition coefficient (Wildman–Crippen LogP) is 2.72. The van der Waals surface area contributed by atoms with Crippen LogP contribution in [-0.2, 0) is 16.0 Å². The van der Waals surface area contributed by atoms with Crippen LogP contribution in [0.1, 0.15) is 26.3 Å². The van der Waals surface area contributed by atoms with Gasteiger partial charge >= 0.3 is 5.97 Å². The molecule has 94 valence electrons. The molecule has 0 fully saturated rings. The van der Waals surface area contributed by atoms with Crippen molar-refractivity contribution < 1.29 is 18.7 Å². The monoisotopic (exact) mass is 240 g/mol. The molecule has 0 radical (unpaired) electrons. The highest BCUT2D eigenvalue weighted by Gasteiger charge is 2.17. The average Bonchev–Trinajstić information content (AvgIpc) is 2.14. The van der Waals surface area contributed by atoms with Crippen LogP contribution in [0.4, 0.5) is 4.39 Å². The summed E-state index contributed by atoms with van der Waals surface area (Å²) in [7, 11) is 1.39. The number of benzene rings is 1. The molecule has 0 aliphatic rings. The van der Waals surface area contributed by atoms with Crippen molar-refractivity contribution in [3.63, 3.8) is 0 Å². The van der Waals surface area contributed by atoms with Gasteiger partial charge < -0.3 is 9.47 Å². The van der Waals surface area contributed by atoms with E-state index in [1.54, 1.807) is 26.8 Å². The molecule has 17 heavy (non-hydrogen) atoms. The molecule has 0 aromatic heterocycles. The van der Waals surface area contributed by atoms with E-state index in [4.69, 9.17) is 9.47 Å². The molecule has 0 saturated carbocycles. The van der Waals surface area contributed by atoms with Gasteiger partial charge in [0.15, 0.2) is 11.6 Å². The van der Waals surface area contributed by atoms with Crippen LogP contribution in [0.2, 0.25) is 0 Å². The SMILES string of the molecule is COc1ccc(CC(=O)OC(C)(C)C)cc1F. The minimum atomic E-state index is -0.526. The van der Waals surface area contributed by atoms with Crippen LogP contribution in [-0.4, -0.2) is 18.7 Å². The lowest BCUT2D eigenvalue weighted by Gasteiger charge is -2.19. The quantitative estimate of drug-likeness (QED) is 0.762. The lowest BCUT2D eigenvalue weighted by Crippen LogP contribution is -2.24. The van der Waals surface area contributed by atoms with Crippen molar-refractivity contribution in [2.45, 2.75) is 32.8 Å². The number of ether oxygens (including phenoxy) is 2. The fourth-order valence-corrected chi connectivity index (χ4v) is 1.36. The Morgan fingerprint density at radius 2 is 2.00 bits per heavy atom. The minimum absolute atomic E-state index is 0.0538. The molecule has 1 aromatic rings. The van der Waals surface area contributed by atoms with Crippen molar-refractivity contribution in [1.82, 2.24) is 0 Å². The number of esters is 1. The molecule has 0 aliphatic carbocycles. The van der Waals surface area contributed by atoms with Crippen LogP contribution in [0.15, 0.2) is 18.2 Å². The maximum absolute atomic E-state index is 13.4. The number of carbonyl (C=O) groups is 1. The Labute approximate surface area is 101 Å². The summed E-state index contributed by atoms with van der Waals surface area (Å²) in [6.45, 7) is 5.37. The lowest BCUT2D eigenvalue weighted by atomic mass is 10.1. The second-order valence-corrected chi connectivity index (χ2v) is 4.73. The first-order chi connectivity index (χ1) is 7.81. The zero-order valence-corrected chi connectivity index (χ0v) is 10.5. The molecular weight excluding hydrogens is 223 g/mol. The third-order valence-electron chi connectivity index (χ3n) is 1.98. The van der Waals surface area contributed by atoms with Crippen LogP contribution in [0.25, 0.3) is 0 Å². The summed E-state index contributed by atoms with van der Waals surface area (Å²) in [5.74, 6) is -0.687. The van der Waals surface area contributed by atoms with Gasteiger partial charge in [0.05, 0.1) is 13.5 Å². The summed E-state index contributed by atoms with van der Waals surface area (Å²) in [5, 5.41) is 0.